The van der Waals surface area contributed by atoms with E-state index in [1.165, 1.54) is 11.3 Å². The molecule has 1 aromatic heterocycles. The Kier molecular flexibility index (Phi) is 3.59. The van der Waals surface area contributed by atoms with Crippen molar-refractivity contribution < 1.29 is 4.74 Å². The summed E-state index contributed by atoms with van der Waals surface area (Å²) in [6, 6.07) is 13.1. The molecule has 2 aromatic carbocycles. The van der Waals surface area contributed by atoms with Crippen molar-refractivity contribution in [1.82, 2.24) is 0 Å². The average molecular weight is 330 g/mol. The molecule has 0 aliphatic rings. The van der Waals surface area contributed by atoms with Crippen LogP contribution in [0.25, 0.3) is 10.1 Å². The quantitative estimate of drug-likeness (QED) is 0.511. The van der Waals surface area contributed by atoms with Crippen molar-refractivity contribution >= 4 is 56.2 Å². The lowest BCUT2D eigenvalue weighted by Gasteiger charge is -2.07. The fraction of sp³-hybridized carbons (Fsp3) is 0. The zero-order chi connectivity index (χ0) is 13.4. The van der Waals surface area contributed by atoms with Gasteiger partial charge in [0.05, 0.1) is 10.0 Å². The SMILES string of the molecule is Clc1cccc(Cl)c1Oc1sc2ccccc2c1Cl. The number of ether oxygens (including phenoxy) is 1. The van der Waals surface area contributed by atoms with E-state index < -0.39 is 0 Å². The first-order valence-corrected chi connectivity index (χ1v) is 7.41. The molecule has 0 spiro atoms. The first-order chi connectivity index (χ1) is 9.16. The lowest BCUT2D eigenvalue weighted by atomic mass is 10.3. The number of hydrogen-bond acceptors (Lipinski definition) is 2. The number of fused-ring (bicyclic) bond motifs is 1. The first-order valence-electron chi connectivity index (χ1n) is 5.45. The van der Waals surface area contributed by atoms with Gasteiger partial charge in [0, 0.05) is 10.1 Å². The summed E-state index contributed by atoms with van der Waals surface area (Å²) in [5.74, 6) is 0.430. The summed E-state index contributed by atoms with van der Waals surface area (Å²) in [7, 11) is 0. The molecule has 0 saturated carbocycles. The van der Waals surface area contributed by atoms with Crippen LogP contribution < -0.4 is 4.74 Å². The molecule has 0 radical (unpaired) electrons. The van der Waals surface area contributed by atoms with Gasteiger partial charge in [-0.05, 0) is 18.2 Å². The molecule has 3 aromatic rings. The van der Waals surface area contributed by atoms with Gasteiger partial charge in [-0.1, -0.05) is 70.4 Å². The molecule has 1 heterocycles. The van der Waals surface area contributed by atoms with Crippen molar-refractivity contribution in [1.29, 1.82) is 0 Å². The van der Waals surface area contributed by atoms with Gasteiger partial charge in [-0.3, -0.25) is 0 Å². The van der Waals surface area contributed by atoms with Crippen LogP contribution in [0.4, 0.5) is 0 Å². The van der Waals surface area contributed by atoms with Crippen LogP contribution in [0.3, 0.4) is 0 Å². The van der Waals surface area contributed by atoms with Gasteiger partial charge < -0.3 is 4.74 Å². The fourth-order valence-electron chi connectivity index (χ4n) is 1.73. The number of hydrogen-bond donors (Lipinski definition) is 0. The fourth-order valence-corrected chi connectivity index (χ4v) is 3.53. The Morgan fingerprint density at radius 2 is 1.53 bits per heavy atom. The van der Waals surface area contributed by atoms with E-state index in [-0.39, 0.29) is 0 Å². The van der Waals surface area contributed by atoms with Crippen LogP contribution in [0.1, 0.15) is 0 Å². The second-order valence-electron chi connectivity index (χ2n) is 3.85. The van der Waals surface area contributed by atoms with Crippen LogP contribution in [0.5, 0.6) is 10.8 Å². The van der Waals surface area contributed by atoms with Crippen LogP contribution in [-0.4, -0.2) is 0 Å². The molecular weight excluding hydrogens is 323 g/mol. The van der Waals surface area contributed by atoms with Gasteiger partial charge in [0.15, 0.2) is 5.75 Å². The Balaban J connectivity index is 2.09. The molecule has 0 aliphatic carbocycles. The second-order valence-corrected chi connectivity index (χ2v) is 6.06. The van der Waals surface area contributed by atoms with E-state index in [0.29, 0.717) is 25.9 Å². The van der Waals surface area contributed by atoms with Crippen LogP contribution >= 0.6 is 46.1 Å². The highest BCUT2D eigenvalue weighted by Gasteiger charge is 2.15. The standard InChI is InChI=1S/C14H7Cl3OS/c15-9-5-3-6-10(16)13(9)18-14-12(17)8-4-1-2-7-11(8)19-14/h1-7H. The monoisotopic (exact) mass is 328 g/mol. The van der Waals surface area contributed by atoms with Crippen LogP contribution in [0, 0.1) is 0 Å². The van der Waals surface area contributed by atoms with Crippen molar-refractivity contribution in [2.24, 2.45) is 0 Å². The molecule has 19 heavy (non-hydrogen) atoms. The number of thiophene rings is 1. The molecular formula is C14H7Cl3OS. The minimum atomic E-state index is 0.430. The smallest absolute Gasteiger partial charge is 0.200 e. The topological polar surface area (TPSA) is 9.23 Å². The highest BCUT2D eigenvalue weighted by Crippen LogP contribution is 2.46. The third kappa shape index (κ3) is 2.41. The predicted molar refractivity (Wildman–Crippen MR) is 83.4 cm³/mol. The normalized spacial score (nSPS) is 10.9. The van der Waals surface area contributed by atoms with E-state index >= 15 is 0 Å². The molecule has 3 rings (SSSR count). The lowest BCUT2D eigenvalue weighted by molar-refractivity contribution is 0.498. The second kappa shape index (κ2) is 5.22. The molecule has 0 unspecified atom stereocenters. The Bertz CT molecular complexity index is 731. The van der Waals surface area contributed by atoms with Crippen molar-refractivity contribution in [2.75, 3.05) is 0 Å². The van der Waals surface area contributed by atoms with Crippen molar-refractivity contribution in [3.63, 3.8) is 0 Å². The molecule has 0 saturated heterocycles. The summed E-state index contributed by atoms with van der Waals surface area (Å²) in [5, 5.41) is 3.06. The summed E-state index contributed by atoms with van der Waals surface area (Å²) in [5.41, 5.74) is 0. The van der Waals surface area contributed by atoms with Crippen molar-refractivity contribution in [2.45, 2.75) is 0 Å². The van der Waals surface area contributed by atoms with E-state index in [4.69, 9.17) is 39.5 Å². The van der Waals surface area contributed by atoms with Gasteiger partial charge in [0.1, 0.15) is 5.02 Å². The Labute approximate surface area is 129 Å². The van der Waals surface area contributed by atoms with Crippen LogP contribution in [0.15, 0.2) is 42.5 Å². The predicted octanol–water partition coefficient (Wildman–Crippen LogP) is 6.65. The van der Waals surface area contributed by atoms with Gasteiger partial charge in [0.25, 0.3) is 0 Å². The maximum atomic E-state index is 6.31. The summed E-state index contributed by atoms with van der Waals surface area (Å²) < 4.78 is 6.84. The molecule has 0 aliphatic heterocycles. The number of para-hydroxylation sites is 1. The lowest BCUT2D eigenvalue weighted by Crippen LogP contribution is -1.84. The van der Waals surface area contributed by atoms with Crippen LogP contribution in [0.2, 0.25) is 15.1 Å². The Hall–Kier alpha value is -0.930. The summed E-state index contributed by atoms with van der Waals surface area (Å²) in [4.78, 5) is 0. The minimum absolute atomic E-state index is 0.430. The maximum Gasteiger partial charge on any atom is 0.200 e. The molecule has 0 amide bonds. The van der Waals surface area contributed by atoms with Crippen molar-refractivity contribution in [3.05, 3.63) is 57.5 Å². The van der Waals surface area contributed by atoms with Gasteiger partial charge >= 0.3 is 0 Å². The number of halogens is 3. The summed E-state index contributed by atoms with van der Waals surface area (Å²) in [6.07, 6.45) is 0. The molecule has 5 heteroatoms. The number of rotatable bonds is 2. The molecule has 0 fully saturated rings. The van der Waals surface area contributed by atoms with E-state index in [1.807, 2.05) is 24.3 Å². The van der Waals surface area contributed by atoms with E-state index in [1.54, 1.807) is 18.2 Å². The zero-order valence-corrected chi connectivity index (χ0v) is 12.6. The minimum Gasteiger partial charge on any atom is -0.442 e. The van der Waals surface area contributed by atoms with E-state index in [2.05, 4.69) is 0 Å². The highest BCUT2D eigenvalue weighted by molar-refractivity contribution is 7.21. The maximum absolute atomic E-state index is 6.31. The third-order valence-corrected chi connectivity index (χ3v) is 4.75. The van der Waals surface area contributed by atoms with Gasteiger partial charge in [-0.25, -0.2) is 0 Å². The third-order valence-electron chi connectivity index (χ3n) is 2.62. The average Bonchev–Trinajstić information content (AvgIpc) is 2.72. The largest absolute Gasteiger partial charge is 0.442 e. The summed E-state index contributed by atoms with van der Waals surface area (Å²) >= 11 is 19.9. The van der Waals surface area contributed by atoms with Crippen molar-refractivity contribution in [3.8, 4) is 10.8 Å². The summed E-state index contributed by atoms with van der Waals surface area (Å²) in [6.45, 7) is 0. The molecule has 96 valence electrons. The molecule has 0 bridgehead atoms. The van der Waals surface area contributed by atoms with Gasteiger partial charge in [-0.15, -0.1) is 0 Å². The Morgan fingerprint density at radius 3 is 2.21 bits per heavy atom. The molecule has 1 nitrogen and oxygen atoms in total. The van der Waals surface area contributed by atoms with E-state index in [9.17, 15) is 0 Å². The first kappa shape index (κ1) is 13.1. The van der Waals surface area contributed by atoms with Gasteiger partial charge in [0.2, 0.25) is 5.06 Å². The zero-order valence-electron chi connectivity index (χ0n) is 9.49. The van der Waals surface area contributed by atoms with Gasteiger partial charge in [-0.2, -0.15) is 0 Å². The van der Waals surface area contributed by atoms with Crippen LogP contribution in [-0.2, 0) is 0 Å². The molecule has 0 atom stereocenters. The highest BCUT2D eigenvalue weighted by atomic mass is 35.5. The van der Waals surface area contributed by atoms with E-state index in [0.717, 1.165) is 10.1 Å². The molecule has 0 N–H and O–H groups in total. The number of benzene rings is 2. The Morgan fingerprint density at radius 1 is 0.842 bits per heavy atom.